The third kappa shape index (κ3) is 2.76. The number of rotatable bonds is 4. The maximum atomic E-state index is 11.8. The van der Waals surface area contributed by atoms with E-state index in [4.69, 9.17) is 14.6 Å². The first kappa shape index (κ1) is 12.9. The Balaban J connectivity index is 1.64. The SMILES string of the molecule is O=C(Cn1cc(C(=O)O)nn1)Nc1ccc2c(c1)OCO2. The van der Waals surface area contributed by atoms with Crippen LogP contribution in [0.5, 0.6) is 11.5 Å². The number of ether oxygens (including phenoxy) is 2. The highest BCUT2D eigenvalue weighted by Crippen LogP contribution is 2.34. The molecule has 1 aliphatic rings. The van der Waals surface area contributed by atoms with Crippen molar-refractivity contribution in [2.45, 2.75) is 6.54 Å². The molecule has 2 N–H and O–H groups in total. The van der Waals surface area contributed by atoms with Gasteiger partial charge in [0.2, 0.25) is 12.7 Å². The number of amides is 1. The smallest absolute Gasteiger partial charge is 0.358 e. The highest BCUT2D eigenvalue weighted by atomic mass is 16.7. The fourth-order valence-corrected chi connectivity index (χ4v) is 1.80. The molecule has 0 unspecified atom stereocenters. The molecule has 21 heavy (non-hydrogen) atoms. The summed E-state index contributed by atoms with van der Waals surface area (Å²) in [7, 11) is 0. The molecule has 0 aliphatic carbocycles. The van der Waals surface area contributed by atoms with Crippen molar-refractivity contribution in [1.29, 1.82) is 0 Å². The summed E-state index contributed by atoms with van der Waals surface area (Å²) < 4.78 is 11.5. The average molecular weight is 290 g/mol. The summed E-state index contributed by atoms with van der Waals surface area (Å²) in [5, 5.41) is 18.3. The van der Waals surface area contributed by atoms with Crippen LogP contribution < -0.4 is 14.8 Å². The van der Waals surface area contributed by atoms with Crippen LogP contribution in [-0.4, -0.2) is 38.8 Å². The second-order valence-corrected chi connectivity index (χ2v) is 4.22. The van der Waals surface area contributed by atoms with Crippen molar-refractivity contribution < 1.29 is 24.2 Å². The number of benzene rings is 1. The summed E-state index contributed by atoms with van der Waals surface area (Å²) in [4.78, 5) is 22.5. The number of carbonyl (C=O) groups is 2. The van der Waals surface area contributed by atoms with E-state index in [-0.39, 0.29) is 24.9 Å². The lowest BCUT2D eigenvalue weighted by molar-refractivity contribution is -0.116. The molecule has 2 heterocycles. The minimum Gasteiger partial charge on any atom is -0.476 e. The first-order valence-electron chi connectivity index (χ1n) is 5.95. The lowest BCUT2D eigenvalue weighted by Gasteiger charge is -2.05. The van der Waals surface area contributed by atoms with Gasteiger partial charge in [0.25, 0.3) is 0 Å². The highest BCUT2D eigenvalue weighted by molar-refractivity contribution is 5.91. The summed E-state index contributed by atoms with van der Waals surface area (Å²) in [6, 6.07) is 5.01. The Morgan fingerprint density at radius 3 is 2.90 bits per heavy atom. The zero-order valence-electron chi connectivity index (χ0n) is 10.6. The normalized spacial score (nSPS) is 12.2. The number of anilines is 1. The van der Waals surface area contributed by atoms with Crippen molar-refractivity contribution in [3.63, 3.8) is 0 Å². The monoisotopic (exact) mass is 290 g/mol. The number of aromatic carboxylic acids is 1. The first-order chi connectivity index (χ1) is 10.1. The summed E-state index contributed by atoms with van der Waals surface area (Å²) in [5.41, 5.74) is 0.328. The Kier molecular flexibility index (Phi) is 3.14. The number of fused-ring (bicyclic) bond motifs is 1. The summed E-state index contributed by atoms with van der Waals surface area (Å²) in [6.07, 6.45) is 1.18. The van der Waals surface area contributed by atoms with Gasteiger partial charge in [-0.15, -0.1) is 5.10 Å². The largest absolute Gasteiger partial charge is 0.476 e. The van der Waals surface area contributed by atoms with E-state index in [1.165, 1.54) is 6.20 Å². The summed E-state index contributed by atoms with van der Waals surface area (Å²) in [6.45, 7) is 0.0123. The van der Waals surface area contributed by atoms with Crippen LogP contribution in [0.2, 0.25) is 0 Å². The highest BCUT2D eigenvalue weighted by Gasteiger charge is 2.15. The number of nitrogens with zero attached hydrogens (tertiary/aromatic N) is 3. The first-order valence-corrected chi connectivity index (χ1v) is 5.95. The standard InChI is InChI=1S/C12H10N4O5/c17-11(5-16-4-8(12(18)19)14-15-16)13-7-1-2-9-10(3-7)21-6-20-9/h1-4H,5-6H2,(H,13,17)(H,18,19). The van der Waals surface area contributed by atoms with Gasteiger partial charge < -0.3 is 19.9 Å². The average Bonchev–Trinajstić information content (AvgIpc) is 3.06. The van der Waals surface area contributed by atoms with E-state index in [1.807, 2.05) is 0 Å². The van der Waals surface area contributed by atoms with Crippen LogP contribution in [0.3, 0.4) is 0 Å². The number of nitrogens with one attached hydrogen (secondary N) is 1. The number of carboxylic acid groups (broad SMARTS) is 1. The van der Waals surface area contributed by atoms with Crippen LogP contribution in [-0.2, 0) is 11.3 Å². The van der Waals surface area contributed by atoms with E-state index < -0.39 is 5.97 Å². The van der Waals surface area contributed by atoms with Gasteiger partial charge in [0.1, 0.15) is 6.54 Å². The molecule has 2 aromatic rings. The molecular weight excluding hydrogens is 280 g/mol. The van der Waals surface area contributed by atoms with Gasteiger partial charge >= 0.3 is 5.97 Å². The molecule has 0 saturated carbocycles. The molecule has 9 heteroatoms. The fourth-order valence-electron chi connectivity index (χ4n) is 1.80. The number of aromatic nitrogens is 3. The summed E-state index contributed by atoms with van der Waals surface area (Å²) in [5.74, 6) is -0.384. The second-order valence-electron chi connectivity index (χ2n) is 4.22. The number of hydrogen-bond donors (Lipinski definition) is 2. The van der Waals surface area contributed by atoms with E-state index in [2.05, 4.69) is 15.6 Å². The maximum Gasteiger partial charge on any atom is 0.358 e. The molecule has 0 saturated heterocycles. The lowest BCUT2D eigenvalue weighted by Crippen LogP contribution is -2.19. The molecule has 1 aromatic heterocycles. The van der Waals surface area contributed by atoms with E-state index in [0.717, 1.165) is 4.68 Å². The molecule has 9 nitrogen and oxygen atoms in total. The van der Waals surface area contributed by atoms with Crippen molar-refractivity contribution in [2.75, 3.05) is 12.1 Å². The van der Waals surface area contributed by atoms with Crippen LogP contribution >= 0.6 is 0 Å². The van der Waals surface area contributed by atoms with E-state index in [0.29, 0.717) is 17.2 Å². The summed E-state index contributed by atoms with van der Waals surface area (Å²) >= 11 is 0. The molecule has 0 atom stereocenters. The quantitative estimate of drug-likeness (QED) is 0.834. The molecule has 0 fully saturated rings. The Labute approximate surface area is 118 Å². The minimum absolute atomic E-state index is 0.144. The van der Waals surface area contributed by atoms with E-state index in [1.54, 1.807) is 18.2 Å². The van der Waals surface area contributed by atoms with Crippen molar-refractivity contribution in [3.8, 4) is 11.5 Å². The van der Waals surface area contributed by atoms with Crippen LogP contribution in [0.4, 0.5) is 5.69 Å². The predicted molar refractivity (Wildman–Crippen MR) is 68.2 cm³/mol. The fraction of sp³-hybridized carbons (Fsp3) is 0.167. The molecule has 0 radical (unpaired) electrons. The van der Waals surface area contributed by atoms with Crippen LogP contribution in [0.15, 0.2) is 24.4 Å². The molecule has 0 spiro atoms. The van der Waals surface area contributed by atoms with E-state index in [9.17, 15) is 9.59 Å². The van der Waals surface area contributed by atoms with Crippen LogP contribution in [0.25, 0.3) is 0 Å². The molecule has 1 aliphatic heterocycles. The topological polar surface area (TPSA) is 116 Å². The maximum absolute atomic E-state index is 11.8. The lowest BCUT2D eigenvalue weighted by atomic mass is 10.3. The van der Waals surface area contributed by atoms with Crippen molar-refractivity contribution in [2.24, 2.45) is 0 Å². The third-order valence-electron chi connectivity index (χ3n) is 2.72. The zero-order chi connectivity index (χ0) is 14.8. The second kappa shape index (κ2) is 5.12. The molecular formula is C12H10N4O5. The van der Waals surface area contributed by atoms with Gasteiger partial charge in [-0.25, -0.2) is 9.48 Å². The molecule has 1 amide bonds. The van der Waals surface area contributed by atoms with Gasteiger partial charge in [-0.3, -0.25) is 4.79 Å². The number of carbonyl (C=O) groups excluding carboxylic acids is 1. The van der Waals surface area contributed by atoms with Gasteiger partial charge in [0.05, 0.1) is 6.20 Å². The van der Waals surface area contributed by atoms with Gasteiger partial charge in [-0.1, -0.05) is 5.21 Å². The van der Waals surface area contributed by atoms with Crippen LogP contribution in [0.1, 0.15) is 10.5 Å². The molecule has 1 aromatic carbocycles. The van der Waals surface area contributed by atoms with Gasteiger partial charge in [0.15, 0.2) is 17.2 Å². The molecule has 108 valence electrons. The Morgan fingerprint density at radius 1 is 1.33 bits per heavy atom. The Hall–Kier alpha value is -3.10. The molecule has 3 rings (SSSR count). The van der Waals surface area contributed by atoms with Gasteiger partial charge in [-0.05, 0) is 12.1 Å². The predicted octanol–water partition coefficient (Wildman–Crippen LogP) is 0.344. The number of hydrogen-bond acceptors (Lipinski definition) is 6. The Bertz CT molecular complexity index is 711. The van der Waals surface area contributed by atoms with Crippen molar-refractivity contribution >= 4 is 17.6 Å². The number of carboxylic acids is 1. The van der Waals surface area contributed by atoms with Crippen molar-refractivity contribution in [1.82, 2.24) is 15.0 Å². The zero-order valence-corrected chi connectivity index (χ0v) is 10.6. The molecule has 0 bridgehead atoms. The van der Waals surface area contributed by atoms with Gasteiger partial charge in [-0.2, -0.15) is 0 Å². The van der Waals surface area contributed by atoms with Crippen molar-refractivity contribution in [3.05, 3.63) is 30.1 Å². The van der Waals surface area contributed by atoms with E-state index >= 15 is 0 Å². The third-order valence-corrected chi connectivity index (χ3v) is 2.72. The van der Waals surface area contributed by atoms with Crippen LogP contribution in [0, 0.1) is 0 Å². The minimum atomic E-state index is -1.20. The Morgan fingerprint density at radius 2 is 2.14 bits per heavy atom. The van der Waals surface area contributed by atoms with Gasteiger partial charge in [0, 0.05) is 11.8 Å².